The van der Waals surface area contributed by atoms with Crippen LogP contribution in [0.3, 0.4) is 0 Å². The highest BCUT2D eigenvalue weighted by Gasteiger charge is 2.25. The molecule has 4 aromatic rings. The predicted molar refractivity (Wildman–Crippen MR) is 103 cm³/mol. The van der Waals surface area contributed by atoms with Gasteiger partial charge in [-0.05, 0) is 32.0 Å². The van der Waals surface area contributed by atoms with Crippen LogP contribution in [0.2, 0.25) is 0 Å². The van der Waals surface area contributed by atoms with E-state index in [1.54, 1.807) is 4.90 Å². The van der Waals surface area contributed by atoms with Gasteiger partial charge in [-0.25, -0.2) is 4.98 Å². The normalized spacial score (nSPS) is 11.2. The van der Waals surface area contributed by atoms with Gasteiger partial charge in [-0.15, -0.1) is 22.7 Å². The minimum Gasteiger partial charge on any atom is -0.267 e. The summed E-state index contributed by atoms with van der Waals surface area (Å²) < 4.78 is 1.83. The van der Waals surface area contributed by atoms with Gasteiger partial charge in [-0.3, -0.25) is 14.4 Å². The van der Waals surface area contributed by atoms with Crippen LogP contribution in [0.25, 0.3) is 10.2 Å². The van der Waals surface area contributed by atoms with E-state index in [2.05, 4.69) is 10.1 Å². The van der Waals surface area contributed by atoms with Gasteiger partial charge in [0.25, 0.3) is 5.91 Å². The van der Waals surface area contributed by atoms with E-state index in [0.717, 1.165) is 27.3 Å². The summed E-state index contributed by atoms with van der Waals surface area (Å²) in [6, 6.07) is 11.6. The highest BCUT2D eigenvalue weighted by Crippen LogP contribution is 2.34. The SMILES string of the molecule is Cc1csc(N(C(=O)c2cc3c(C)nn(C)c3s2)c2ccccc2)n1. The molecule has 3 heterocycles. The zero-order chi connectivity index (χ0) is 17.6. The predicted octanol–water partition coefficient (Wildman–Crippen LogP) is 4.69. The summed E-state index contributed by atoms with van der Waals surface area (Å²) in [6.07, 6.45) is 0. The van der Waals surface area contributed by atoms with Crippen molar-refractivity contribution in [3.8, 4) is 0 Å². The molecule has 0 aliphatic rings. The maximum Gasteiger partial charge on any atom is 0.274 e. The number of hydrogen-bond acceptors (Lipinski definition) is 5. The van der Waals surface area contributed by atoms with Crippen molar-refractivity contribution in [3.05, 3.63) is 58.0 Å². The quantitative estimate of drug-likeness (QED) is 0.527. The second-order valence-electron chi connectivity index (χ2n) is 5.79. The van der Waals surface area contributed by atoms with Gasteiger partial charge < -0.3 is 0 Å². The Bertz CT molecular complexity index is 1030. The van der Waals surface area contributed by atoms with Crippen LogP contribution in [0.5, 0.6) is 0 Å². The lowest BCUT2D eigenvalue weighted by Crippen LogP contribution is -2.25. The first-order valence-electron chi connectivity index (χ1n) is 7.79. The molecule has 0 saturated carbocycles. The topological polar surface area (TPSA) is 51.0 Å². The number of anilines is 2. The number of thiophene rings is 1. The summed E-state index contributed by atoms with van der Waals surface area (Å²) in [7, 11) is 1.90. The maximum absolute atomic E-state index is 13.3. The van der Waals surface area contributed by atoms with Crippen molar-refractivity contribution in [2.24, 2.45) is 7.05 Å². The minimum atomic E-state index is -0.0684. The van der Waals surface area contributed by atoms with Gasteiger partial charge >= 0.3 is 0 Å². The molecule has 1 amide bonds. The number of para-hydroxylation sites is 1. The van der Waals surface area contributed by atoms with E-state index in [1.807, 2.05) is 67.4 Å². The summed E-state index contributed by atoms with van der Waals surface area (Å²) in [5.74, 6) is -0.0684. The Morgan fingerprint density at radius 3 is 2.60 bits per heavy atom. The van der Waals surface area contributed by atoms with Crippen LogP contribution in [-0.4, -0.2) is 20.7 Å². The Balaban J connectivity index is 1.83. The first-order valence-corrected chi connectivity index (χ1v) is 9.49. The second kappa shape index (κ2) is 6.09. The van der Waals surface area contributed by atoms with Gasteiger partial charge in [-0.2, -0.15) is 5.10 Å². The van der Waals surface area contributed by atoms with Gasteiger partial charge in [0.1, 0.15) is 4.83 Å². The third-order valence-corrected chi connectivity index (χ3v) is 6.06. The van der Waals surface area contributed by atoms with E-state index in [0.29, 0.717) is 10.0 Å². The average Bonchev–Trinajstić information content (AvgIpc) is 3.28. The third kappa shape index (κ3) is 2.75. The average molecular weight is 368 g/mol. The fraction of sp³-hybridized carbons (Fsp3) is 0.167. The molecule has 0 atom stereocenters. The van der Waals surface area contributed by atoms with E-state index in [1.165, 1.54) is 22.7 Å². The second-order valence-corrected chi connectivity index (χ2v) is 7.65. The van der Waals surface area contributed by atoms with Gasteiger partial charge in [0.2, 0.25) is 0 Å². The maximum atomic E-state index is 13.3. The molecule has 0 spiro atoms. The summed E-state index contributed by atoms with van der Waals surface area (Å²) in [5.41, 5.74) is 2.66. The highest BCUT2D eigenvalue weighted by molar-refractivity contribution is 7.20. The summed E-state index contributed by atoms with van der Waals surface area (Å²) in [6.45, 7) is 3.89. The zero-order valence-corrected chi connectivity index (χ0v) is 15.7. The number of hydrogen-bond donors (Lipinski definition) is 0. The molecule has 7 heteroatoms. The van der Waals surface area contributed by atoms with Crippen LogP contribution in [0.1, 0.15) is 21.1 Å². The molecule has 0 saturated heterocycles. The first kappa shape index (κ1) is 16.0. The Kier molecular flexibility index (Phi) is 3.89. The smallest absolute Gasteiger partial charge is 0.267 e. The molecule has 5 nitrogen and oxygen atoms in total. The molecule has 0 bridgehead atoms. The lowest BCUT2D eigenvalue weighted by molar-refractivity contribution is 0.100. The number of amides is 1. The van der Waals surface area contributed by atoms with Crippen molar-refractivity contribution in [1.29, 1.82) is 0 Å². The zero-order valence-electron chi connectivity index (χ0n) is 14.1. The van der Waals surface area contributed by atoms with Crippen molar-refractivity contribution in [2.75, 3.05) is 4.90 Å². The van der Waals surface area contributed by atoms with Crippen molar-refractivity contribution in [3.63, 3.8) is 0 Å². The Hall–Kier alpha value is -2.51. The van der Waals surface area contributed by atoms with Gasteiger partial charge in [0.05, 0.1) is 22.0 Å². The minimum absolute atomic E-state index is 0.0684. The number of benzene rings is 1. The summed E-state index contributed by atoms with van der Waals surface area (Å²) in [5, 5.41) is 8.07. The third-order valence-electron chi connectivity index (χ3n) is 3.92. The summed E-state index contributed by atoms with van der Waals surface area (Å²) >= 11 is 2.94. The monoisotopic (exact) mass is 368 g/mol. The number of carbonyl (C=O) groups excluding carboxylic acids is 1. The van der Waals surface area contributed by atoms with Gasteiger partial charge in [-0.1, -0.05) is 18.2 Å². The van der Waals surface area contributed by atoms with Crippen LogP contribution < -0.4 is 4.90 Å². The summed E-state index contributed by atoms with van der Waals surface area (Å²) in [4.78, 5) is 21.2. The number of nitrogens with zero attached hydrogens (tertiary/aromatic N) is 4. The molecule has 0 aliphatic carbocycles. The molecular formula is C18H16N4OS2. The van der Waals surface area contributed by atoms with Crippen molar-refractivity contribution in [2.45, 2.75) is 13.8 Å². The number of aromatic nitrogens is 3. The molecule has 4 rings (SSSR count). The number of thiazole rings is 1. The van der Waals surface area contributed by atoms with Gasteiger partial charge in [0.15, 0.2) is 5.13 Å². The first-order chi connectivity index (χ1) is 12.0. The van der Waals surface area contributed by atoms with Crippen molar-refractivity contribution in [1.82, 2.24) is 14.8 Å². The Morgan fingerprint density at radius 1 is 1.20 bits per heavy atom. The standard InChI is InChI=1S/C18H16N4OS2/c1-11-10-24-18(19-11)22(13-7-5-4-6-8-13)16(23)15-9-14-12(2)20-21(3)17(14)25-15/h4-10H,1-3H3. The highest BCUT2D eigenvalue weighted by atomic mass is 32.1. The molecule has 0 unspecified atom stereocenters. The molecule has 126 valence electrons. The lowest BCUT2D eigenvalue weighted by atomic mass is 10.2. The molecule has 0 fully saturated rings. The molecule has 3 aromatic heterocycles. The Labute approximate surface area is 153 Å². The lowest BCUT2D eigenvalue weighted by Gasteiger charge is -2.19. The number of aryl methyl sites for hydroxylation is 3. The Morgan fingerprint density at radius 2 is 1.96 bits per heavy atom. The van der Waals surface area contributed by atoms with Crippen LogP contribution in [0, 0.1) is 13.8 Å². The van der Waals surface area contributed by atoms with Crippen LogP contribution >= 0.6 is 22.7 Å². The van der Waals surface area contributed by atoms with E-state index < -0.39 is 0 Å². The van der Waals surface area contributed by atoms with E-state index in [-0.39, 0.29) is 5.91 Å². The van der Waals surface area contributed by atoms with Crippen LogP contribution in [-0.2, 0) is 7.05 Å². The van der Waals surface area contributed by atoms with E-state index in [4.69, 9.17) is 0 Å². The van der Waals surface area contributed by atoms with Crippen molar-refractivity contribution >= 4 is 49.6 Å². The molecule has 0 radical (unpaired) electrons. The fourth-order valence-electron chi connectivity index (χ4n) is 2.76. The van der Waals surface area contributed by atoms with E-state index >= 15 is 0 Å². The molecule has 0 aliphatic heterocycles. The van der Waals surface area contributed by atoms with Gasteiger partial charge in [0, 0.05) is 17.8 Å². The van der Waals surface area contributed by atoms with Crippen molar-refractivity contribution < 1.29 is 4.79 Å². The van der Waals surface area contributed by atoms with Crippen LogP contribution in [0.15, 0.2) is 41.8 Å². The number of fused-ring (bicyclic) bond motifs is 1. The molecule has 0 N–H and O–H groups in total. The molecule has 1 aromatic carbocycles. The largest absolute Gasteiger partial charge is 0.274 e. The fourth-order valence-corrected chi connectivity index (χ4v) is 4.63. The number of carbonyl (C=O) groups is 1. The molecular weight excluding hydrogens is 352 g/mol. The molecule has 25 heavy (non-hydrogen) atoms. The van der Waals surface area contributed by atoms with E-state index in [9.17, 15) is 4.79 Å². The van der Waals surface area contributed by atoms with Crippen LogP contribution in [0.4, 0.5) is 10.8 Å². The number of rotatable bonds is 3.